The number of nitrogens with zero attached hydrogens (tertiary/aromatic N) is 1. The van der Waals surface area contributed by atoms with Crippen molar-refractivity contribution in [1.82, 2.24) is 10.2 Å². The maximum absolute atomic E-state index is 3.57. The van der Waals surface area contributed by atoms with E-state index in [0.29, 0.717) is 11.5 Å². The fourth-order valence-electron chi connectivity index (χ4n) is 1.93. The lowest BCUT2D eigenvalue weighted by Gasteiger charge is -2.26. The molecule has 0 amide bonds. The van der Waals surface area contributed by atoms with Crippen LogP contribution in [0, 0.1) is 5.41 Å². The highest BCUT2D eigenvalue weighted by atomic mass is 32.1. The van der Waals surface area contributed by atoms with Crippen molar-refractivity contribution >= 4 is 11.3 Å². The van der Waals surface area contributed by atoms with Crippen LogP contribution in [0.5, 0.6) is 0 Å². The van der Waals surface area contributed by atoms with Crippen LogP contribution in [0.2, 0.25) is 0 Å². The van der Waals surface area contributed by atoms with Crippen LogP contribution in [0.15, 0.2) is 17.5 Å². The van der Waals surface area contributed by atoms with E-state index in [-0.39, 0.29) is 0 Å². The summed E-state index contributed by atoms with van der Waals surface area (Å²) in [5.74, 6) is 0. The van der Waals surface area contributed by atoms with Crippen LogP contribution >= 0.6 is 11.3 Å². The van der Waals surface area contributed by atoms with E-state index in [1.165, 1.54) is 11.3 Å². The summed E-state index contributed by atoms with van der Waals surface area (Å²) in [4.78, 5) is 4.00. The normalized spacial score (nSPS) is 12.6. The molecule has 0 unspecified atom stereocenters. The molecule has 3 heteroatoms. The van der Waals surface area contributed by atoms with Gasteiger partial charge in [0.05, 0.1) is 0 Å². The van der Waals surface area contributed by atoms with Gasteiger partial charge in [0.15, 0.2) is 0 Å². The molecule has 1 rings (SSSR count). The minimum atomic E-state index is 0.432. The van der Waals surface area contributed by atoms with Gasteiger partial charge in [-0.2, -0.15) is 0 Å². The largest absolute Gasteiger partial charge is 0.315 e. The van der Waals surface area contributed by atoms with Crippen molar-refractivity contribution in [3.8, 4) is 0 Å². The average molecular weight is 282 g/mol. The molecular weight excluding hydrogens is 252 g/mol. The second kappa shape index (κ2) is 8.03. The van der Waals surface area contributed by atoms with Crippen LogP contribution in [-0.2, 0) is 6.54 Å². The van der Waals surface area contributed by atoms with Gasteiger partial charge < -0.3 is 5.32 Å². The third kappa shape index (κ3) is 7.71. The molecule has 1 aromatic heterocycles. The summed E-state index contributed by atoms with van der Waals surface area (Å²) in [7, 11) is 0. The van der Waals surface area contributed by atoms with E-state index in [0.717, 1.165) is 26.2 Å². The molecule has 1 aromatic rings. The highest BCUT2D eigenvalue weighted by Crippen LogP contribution is 2.17. The molecular formula is C16H30N2S. The molecule has 0 aliphatic carbocycles. The lowest BCUT2D eigenvalue weighted by Crippen LogP contribution is -2.36. The van der Waals surface area contributed by atoms with Gasteiger partial charge in [0.25, 0.3) is 0 Å². The lowest BCUT2D eigenvalue weighted by atomic mass is 9.92. The van der Waals surface area contributed by atoms with Crippen molar-refractivity contribution in [2.45, 2.75) is 53.6 Å². The Bertz CT molecular complexity index is 325. The Morgan fingerprint density at radius 3 is 2.53 bits per heavy atom. The van der Waals surface area contributed by atoms with Crippen LogP contribution in [0.1, 0.15) is 45.9 Å². The van der Waals surface area contributed by atoms with Gasteiger partial charge in [-0.1, -0.05) is 26.8 Å². The van der Waals surface area contributed by atoms with E-state index in [1.54, 1.807) is 0 Å². The molecule has 110 valence electrons. The number of thiophene rings is 1. The summed E-state index contributed by atoms with van der Waals surface area (Å²) in [6.07, 6.45) is 1.24. The van der Waals surface area contributed by atoms with Crippen LogP contribution < -0.4 is 5.32 Å². The fourth-order valence-corrected chi connectivity index (χ4v) is 2.66. The van der Waals surface area contributed by atoms with Crippen LogP contribution in [0.4, 0.5) is 0 Å². The van der Waals surface area contributed by atoms with Gasteiger partial charge in [-0.05, 0) is 43.7 Å². The van der Waals surface area contributed by atoms with Gasteiger partial charge in [0.1, 0.15) is 0 Å². The number of nitrogens with one attached hydrogen (secondary N) is 1. The van der Waals surface area contributed by atoms with E-state index in [1.807, 2.05) is 11.3 Å². The fraction of sp³-hybridized carbons (Fsp3) is 0.750. The van der Waals surface area contributed by atoms with Crippen molar-refractivity contribution in [2.75, 3.05) is 19.6 Å². The van der Waals surface area contributed by atoms with E-state index < -0.39 is 0 Å². The Morgan fingerprint density at radius 1 is 1.26 bits per heavy atom. The standard InChI is InChI=1S/C16H30N2S/c1-14(2)18(13-15-7-6-12-19-15)11-10-17-9-8-16(3,4)5/h6-7,12,14,17H,8-11,13H2,1-5H3. The monoisotopic (exact) mass is 282 g/mol. The zero-order chi connectivity index (χ0) is 14.3. The van der Waals surface area contributed by atoms with Crippen LogP contribution in [0.3, 0.4) is 0 Å². The number of rotatable bonds is 8. The molecule has 1 heterocycles. The van der Waals surface area contributed by atoms with Gasteiger partial charge in [0.2, 0.25) is 0 Å². The quantitative estimate of drug-likeness (QED) is 0.725. The molecule has 0 aliphatic rings. The summed E-state index contributed by atoms with van der Waals surface area (Å²) in [6, 6.07) is 4.97. The third-order valence-corrected chi connectivity index (χ3v) is 4.16. The van der Waals surface area contributed by atoms with Gasteiger partial charge in [-0.15, -0.1) is 11.3 Å². The maximum atomic E-state index is 3.57. The Morgan fingerprint density at radius 2 is 2.00 bits per heavy atom. The summed E-state index contributed by atoms with van der Waals surface area (Å²) in [5.41, 5.74) is 0.432. The molecule has 0 fully saturated rings. The SMILES string of the molecule is CC(C)N(CCNCCC(C)(C)C)Cc1cccs1. The molecule has 1 N–H and O–H groups in total. The maximum Gasteiger partial charge on any atom is 0.0331 e. The van der Waals surface area contributed by atoms with Crippen molar-refractivity contribution < 1.29 is 0 Å². The Balaban J connectivity index is 2.23. The third-order valence-electron chi connectivity index (χ3n) is 3.30. The van der Waals surface area contributed by atoms with E-state index >= 15 is 0 Å². The average Bonchev–Trinajstić information content (AvgIpc) is 2.78. The summed E-state index contributed by atoms with van der Waals surface area (Å²) in [6.45, 7) is 15.9. The smallest absolute Gasteiger partial charge is 0.0331 e. The molecule has 0 atom stereocenters. The summed E-state index contributed by atoms with van der Waals surface area (Å²) >= 11 is 1.85. The van der Waals surface area contributed by atoms with E-state index in [4.69, 9.17) is 0 Å². The summed E-state index contributed by atoms with van der Waals surface area (Å²) in [5, 5.41) is 5.73. The van der Waals surface area contributed by atoms with Crippen molar-refractivity contribution in [1.29, 1.82) is 0 Å². The lowest BCUT2D eigenvalue weighted by molar-refractivity contribution is 0.214. The Hall–Kier alpha value is -0.380. The molecule has 0 spiro atoms. The molecule has 0 radical (unpaired) electrons. The zero-order valence-electron chi connectivity index (χ0n) is 13.2. The van der Waals surface area contributed by atoms with Gasteiger partial charge in [-0.25, -0.2) is 0 Å². The molecule has 0 saturated carbocycles. The Labute approximate surface area is 123 Å². The molecule has 0 aliphatic heterocycles. The highest BCUT2D eigenvalue weighted by Gasteiger charge is 2.11. The van der Waals surface area contributed by atoms with E-state index in [2.05, 4.69) is 62.3 Å². The molecule has 0 aromatic carbocycles. The minimum absolute atomic E-state index is 0.432. The minimum Gasteiger partial charge on any atom is -0.315 e. The predicted octanol–water partition coefficient (Wildman–Crippen LogP) is 3.98. The van der Waals surface area contributed by atoms with E-state index in [9.17, 15) is 0 Å². The number of hydrogen-bond acceptors (Lipinski definition) is 3. The predicted molar refractivity (Wildman–Crippen MR) is 86.8 cm³/mol. The molecule has 0 bridgehead atoms. The first-order valence-corrected chi connectivity index (χ1v) is 8.23. The van der Waals surface area contributed by atoms with Gasteiger partial charge in [0, 0.05) is 30.6 Å². The van der Waals surface area contributed by atoms with Crippen molar-refractivity contribution in [3.63, 3.8) is 0 Å². The highest BCUT2D eigenvalue weighted by molar-refractivity contribution is 7.09. The second-order valence-electron chi connectivity index (χ2n) is 6.70. The van der Waals surface area contributed by atoms with Gasteiger partial charge in [-0.3, -0.25) is 4.90 Å². The second-order valence-corrected chi connectivity index (χ2v) is 7.74. The topological polar surface area (TPSA) is 15.3 Å². The zero-order valence-corrected chi connectivity index (χ0v) is 14.0. The number of hydrogen-bond donors (Lipinski definition) is 1. The van der Waals surface area contributed by atoms with Crippen molar-refractivity contribution in [2.24, 2.45) is 5.41 Å². The molecule has 2 nitrogen and oxygen atoms in total. The Kier molecular flexibility index (Phi) is 7.05. The molecule has 0 saturated heterocycles. The van der Waals surface area contributed by atoms with Crippen LogP contribution in [-0.4, -0.2) is 30.6 Å². The first kappa shape index (κ1) is 16.7. The molecule has 19 heavy (non-hydrogen) atoms. The first-order chi connectivity index (χ1) is 8.88. The van der Waals surface area contributed by atoms with Gasteiger partial charge >= 0.3 is 0 Å². The first-order valence-electron chi connectivity index (χ1n) is 7.35. The van der Waals surface area contributed by atoms with Crippen molar-refractivity contribution in [3.05, 3.63) is 22.4 Å². The summed E-state index contributed by atoms with van der Waals surface area (Å²) < 4.78 is 0. The van der Waals surface area contributed by atoms with Crippen LogP contribution in [0.25, 0.3) is 0 Å².